The summed E-state index contributed by atoms with van der Waals surface area (Å²) in [6.45, 7) is 8.89. The first-order chi connectivity index (χ1) is 12.4. The number of fused-ring (bicyclic) bond motifs is 1. The molecule has 0 unspecified atom stereocenters. The molecule has 2 aromatic rings. The molecule has 1 aliphatic rings. The lowest BCUT2D eigenvalue weighted by molar-refractivity contribution is 0.0526. The molecule has 26 heavy (non-hydrogen) atoms. The highest BCUT2D eigenvalue weighted by Crippen LogP contribution is 2.39. The van der Waals surface area contributed by atoms with Crippen LogP contribution in [-0.4, -0.2) is 17.6 Å². The normalized spacial score (nSPS) is 16.2. The summed E-state index contributed by atoms with van der Waals surface area (Å²) in [6, 6.07) is 7.74. The number of benzene rings is 1. The van der Waals surface area contributed by atoms with Crippen LogP contribution < -0.4 is 0 Å². The highest BCUT2D eigenvalue weighted by atomic mass is 16.5. The first kappa shape index (κ1) is 18.2. The van der Waals surface area contributed by atoms with E-state index in [4.69, 9.17) is 4.74 Å². The van der Waals surface area contributed by atoms with E-state index in [0.29, 0.717) is 12.2 Å². The number of carbonyl (C=O) groups excluding carboxylic acids is 1. The second kappa shape index (κ2) is 7.33. The molecule has 0 saturated heterocycles. The number of carbonyl (C=O) groups is 1. The Bertz CT molecular complexity index is 942. The zero-order valence-corrected chi connectivity index (χ0v) is 16.0. The van der Waals surface area contributed by atoms with Crippen LogP contribution in [0.25, 0.3) is 10.9 Å². The molecule has 0 fully saturated rings. The van der Waals surface area contributed by atoms with Crippen molar-refractivity contribution in [2.24, 2.45) is 5.41 Å². The summed E-state index contributed by atoms with van der Waals surface area (Å²) in [6.07, 6.45) is 5.11. The number of rotatable bonds is 2. The third-order valence-corrected chi connectivity index (χ3v) is 4.98. The van der Waals surface area contributed by atoms with Gasteiger partial charge in [0.1, 0.15) is 0 Å². The molecular formula is C23H25NO2. The summed E-state index contributed by atoms with van der Waals surface area (Å²) >= 11 is 0. The van der Waals surface area contributed by atoms with E-state index in [-0.39, 0.29) is 11.4 Å². The van der Waals surface area contributed by atoms with E-state index in [1.165, 1.54) is 24.0 Å². The van der Waals surface area contributed by atoms with Crippen LogP contribution in [0.4, 0.5) is 0 Å². The van der Waals surface area contributed by atoms with Crippen molar-refractivity contribution in [1.29, 1.82) is 0 Å². The van der Waals surface area contributed by atoms with Crippen molar-refractivity contribution in [3.05, 3.63) is 52.7 Å². The van der Waals surface area contributed by atoms with E-state index < -0.39 is 0 Å². The Morgan fingerprint density at radius 3 is 2.81 bits per heavy atom. The Balaban J connectivity index is 1.96. The minimum Gasteiger partial charge on any atom is -0.462 e. The monoisotopic (exact) mass is 347 g/mol. The van der Waals surface area contributed by atoms with Crippen LogP contribution in [-0.2, 0) is 4.74 Å². The average Bonchev–Trinajstić information content (AvgIpc) is 2.60. The molecule has 1 heterocycles. The Morgan fingerprint density at radius 1 is 1.27 bits per heavy atom. The van der Waals surface area contributed by atoms with Crippen LogP contribution in [0.3, 0.4) is 0 Å². The molecule has 1 aliphatic carbocycles. The lowest BCUT2D eigenvalue weighted by atomic mass is 9.73. The molecule has 0 spiro atoms. The zero-order chi connectivity index (χ0) is 18.7. The molecule has 0 atom stereocenters. The topological polar surface area (TPSA) is 39.2 Å². The van der Waals surface area contributed by atoms with Gasteiger partial charge in [0.2, 0.25) is 0 Å². The predicted octanol–water partition coefficient (Wildman–Crippen LogP) is 5.29. The van der Waals surface area contributed by atoms with E-state index >= 15 is 0 Å². The molecule has 1 aromatic carbocycles. The molecule has 0 aliphatic heterocycles. The van der Waals surface area contributed by atoms with Crippen LogP contribution in [0.15, 0.2) is 41.6 Å². The zero-order valence-electron chi connectivity index (χ0n) is 16.0. The maximum Gasteiger partial charge on any atom is 0.339 e. The van der Waals surface area contributed by atoms with E-state index in [2.05, 4.69) is 37.6 Å². The minimum absolute atomic E-state index is 0.144. The molecule has 3 nitrogen and oxygen atoms in total. The fourth-order valence-electron chi connectivity index (χ4n) is 3.57. The van der Waals surface area contributed by atoms with Gasteiger partial charge in [-0.1, -0.05) is 31.3 Å². The summed E-state index contributed by atoms with van der Waals surface area (Å²) in [5.74, 6) is 6.39. The van der Waals surface area contributed by atoms with Crippen LogP contribution in [0.2, 0.25) is 0 Å². The molecule has 0 radical (unpaired) electrons. The number of aromatic nitrogens is 1. The number of ether oxygens (including phenoxy) is 1. The maximum absolute atomic E-state index is 11.9. The summed E-state index contributed by atoms with van der Waals surface area (Å²) < 4.78 is 5.06. The smallest absolute Gasteiger partial charge is 0.339 e. The van der Waals surface area contributed by atoms with Gasteiger partial charge in [-0.2, -0.15) is 0 Å². The second-order valence-electron chi connectivity index (χ2n) is 7.49. The van der Waals surface area contributed by atoms with Crippen molar-refractivity contribution in [1.82, 2.24) is 4.98 Å². The van der Waals surface area contributed by atoms with Crippen molar-refractivity contribution in [3.8, 4) is 11.8 Å². The largest absolute Gasteiger partial charge is 0.462 e. The molecule has 0 amide bonds. The summed E-state index contributed by atoms with van der Waals surface area (Å²) in [4.78, 5) is 16.3. The van der Waals surface area contributed by atoms with Gasteiger partial charge in [-0.25, -0.2) is 4.79 Å². The highest BCUT2D eigenvalue weighted by molar-refractivity contribution is 5.93. The van der Waals surface area contributed by atoms with Gasteiger partial charge in [0.25, 0.3) is 0 Å². The van der Waals surface area contributed by atoms with Crippen molar-refractivity contribution < 1.29 is 9.53 Å². The SMILES string of the molecule is CCOC(=O)c1cnc2ccc(C#CC3=C(C)CCCC3(C)C)cc2c1. The lowest BCUT2D eigenvalue weighted by Gasteiger charge is -2.31. The summed E-state index contributed by atoms with van der Waals surface area (Å²) in [5, 5.41) is 0.899. The van der Waals surface area contributed by atoms with Gasteiger partial charge in [0.15, 0.2) is 0 Å². The Kier molecular flexibility index (Phi) is 5.13. The standard InChI is InChI=1S/C23H25NO2/c1-5-26-22(25)19-14-18-13-17(9-11-21(18)24-15-19)8-10-20-16(2)7-6-12-23(20,3)4/h9,11,13-15H,5-7,12H2,1-4H3. The molecule has 0 N–H and O–H groups in total. The van der Waals surface area contributed by atoms with Gasteiger partial charge in [-0.05, 0) is 62.8 Å². The van der Waals surface area contributed by atoms with Gasteiger partial charge >= 0.3 is 5.97 Å². The first-order valence-electron chi connectivity index (χ1n) is 9.20. The van der Waals surface area contributed by atoms with Crippen molar-refractivity contribution in [2.45, 2.75) is 47.0 Å². The Morgan fingerprint density at radius 2 is 2.08 bits per heavy atom. The molecular weight excluding hydrogens is 322 g/mol. The fraction of sp³-hybridized carbons (Fsp3) is 0.391. The van der Waals surface area contributed by atoms with Crippen molar-refractivity contribution in [2.75, 3.05) is 6.61 Å². The Labute approximate surface area is 155 Å². The highest BCUT2D eigenvalue weighted by Gasteiger charge is 2.27. The van der Waals surface area contributed by atoms with Crippen LogP contribution in [0, 0.1) is 17.3 Å². The second-order valence-corrected chi connectivity index (χ2v) is 7.49. The maximum atomic E-state index is 11.9. The van der Waals surface area contributed by atoms with Gasteiger partial charge < -0.3 is 4.74 Å². The van der Waals surface area contributed by atoms with Crippen LogP contribution in [0.1, 0.15) is 62.9 Å². The Hall–Kier alpha value is -2.60. The third kappa shape index (κ3) is 3.80. The molecule has 0 bridgehead atoms. The number of pyridine rings is 1. The van der Waals surface area contributed by atoms with Gasteiger partial charge in [0, 0.05) is 22.7 Å². The van der Waals surface area contributed by atoms with Gasteiger partial charge in [0.05, 0.1) is 17.7 Å². The summed E-state index contributed by atoms with van der Waals surface area (Å²) in [7, 11) is 0. The molecule has 134 valence electrons. The molecule has 3 rings (SSSR count). The summed E-state index contributed by atoms with van der Waals surface area (Å²) in [5.41, 5.74) is 5.06. The van der Waals surface area contributed by atoms with E-state index in [0.717, 1.165) is 22.9 Å². The number of esters is 1. The predicted molar refractivity (Wildman–Crippen MR) is 105 cm³/mol. The van der Waals surface area contributed by atoms with E-state index in [1.807, 2.05) is 24.3 Å². The number of hydrogen-bond acceptors (Lipinski definition) is 3. The molecule has 3 heteroatoms. The average molecular weight is 347 g/mol. The molecule has 0 saturated carbocycles. The third-order valence-electron chi connectivity index (χ3n) is 4.98. The van der Waals surface area contributed by atoms with Gasteiger partial charge in [-0.15, -0.1) is 0 Å². The molecule has 1 aromatic heterocycles. The lowest BCUT2D eigenvalue weighted by Crippen LogP contribution is -2.19. The van der Waals surface area contributed by atoms with E-state index in [9.17, 15) is 4.79 Å². The van der Waals surface area contributed by atoms with E-state index in [1.54, 1.807) is 13.1 Å². The fourth-order valence-corrected chi connectivity index (χ4v) is 3.57. The minimum atomic E-state index is -0.344. The number of nitrogens with zero attached hydrogens (tertiary/aromatic N) is 1. The quantitative estimate of drug-likeness (QED) is 0.547. The number of hydrogen-bond donors (Lipinski definition) is 0. The van der Waals surface area contributed by atoms with Crippen molar-refractivity contribution in [3.63, 3.8) is 0 Å². The first-order valence-corrected chi connectivity index (χ1v) is 9.20. The number of allylic oxidation sites excluding steroid dienone is 2. The van der Waals surface area contributed by atoms with Crippen LogP contribution in [0.5, 0.6) is 0 Å². The van der Waals surface area contributed by atoms with Gasteiger partial charge in [-0.3, -0.25) is 4.98 Å². The van der Waals surface area contributed by atoms with Crippen LogP contribution >= 0.6 is 0 Å². The van der Waals surface area contributed by atoms with Crippen molar-refractivity contribution >= 4 is 16.9 Å².